The van der Waals surface area contributed by atoms with E-state index in [0.717, 1.165) is 0 Å². The van der Waals surface area contributed by atoms with Crippen LogP contribution in [0.2, 0.25) is 0 Å². The van der Waals surface area contributed by atoms with E-state index in [4.69, 9.17) is 0 Å². The zero-order valence-corrected chi connectivity index (χ0v) is 15.4. The minimum Gasteiger partial charge on any atom is -0.234 e. The van der Waals surface area contributed by atoms with Gasteiger partial charge < -0.3 is 0 Å². The molecule has 0 aliphatic heterocycles. The van der Waals surface area contributed by atoms with Gasteiger partial charge in [-0.25, -0.2) is 4.21 Å². The molecule has 0 aliphatic carbocycles. The molecule has 0 spiro atoms. The number of nitrogens with zero attached hydrogens (tertiary/aromatic N) is 1. The smallest absolute Gasteiger partial charge is 0.234 e. The van der Waals surface area contributed by atoms with Crippen molar-refractivity contribution in [2.45, 2.75) is 31.7 Å². The van der Waals surface area contributed by atoms with Crippen molar-refractivity contribution in [3.63, 3.8) is 0 Å². The molecule has 0 N–H and O–H groups in total. The van der Waals surface area contributed by atoms with E-state index in [2.05, 4.69) is 4.40 Å². The quantitative estimate of drug-likeness (QED) is 0.409. The van der Waals surface area contributed by atoms with Crippen LogP contribution >= 0.6 is 0 Å². The summed E-state index contributed by atoms with van der Waals surface area (Å²) in [5.74, 6) is 0. The zero-order chi connectivity index (χ0) is 19.1. The summed E-state index contributed by atoms with van der Waals surface area (Å²) in [4.78, 5) is 0. The average molecular weight is 377 g/mol. The standard InChI is InChI=1S/C20H18F3NOS/c1-19(2,3)26(25)24-18(20(21,22)23)17-15-10-6-4-8-13(15)12-14-9-5-7-11-16(14)17/h4-12H,1-3H3/b24-18-. The zero-order valence-electron chi connectivity index (χ0n) is 14.6. The van der Waals surface area contributed by atoms with E-state index in [1.807, 2.05) is 6.07 Å². The summed E-state index contributed by atoms with van der Waals surface area (Å²) in [5, 5.41) is 2.24. The summed E-state index contributed by atoms with van der Waals surface area (Å²) < 4.78 is 57.0. The van der Waals surface area contributed by atoms with Crippen molar-refractivity contribution in [3.05, 3.63) is 60.2 Å². The fraction of sp³-hybridized carbons (Fsp3) is 0.250. The molecule has 26 heavy (non-hydrogen) atoms. The molecule has 0 aliphatic rings. The van der Waals surface area contributed by atoms with Gasteiger partial charge in [-0.2, -0.15) is 17.6 Å². The van der Waals surface area contributed by atoms with Crippen LogP contribution in [-0.4, -0.2) is 20.8 Å². The molecule has 3 rings (SSSR count). The van der Waals surface area contributed by atoms with E-state index in [1.165, 1.54) is 0 Å². The van der Waals surface area contributed by atoms with E-state index in [1.54, 1.807) is 69.3 Å². The highest BCUT2D eigenvalue weighted by molar-refractivity contribution is 7.85. The first kappa shape index (κ1) is 18.6. The Bertz CT molecular complexity index is 979. The maximum atomic E-state index is 13.9. The Balaban J connectivity index is 2.45. The van der Waals surface area contributed by atoms with Gasteiger partial charge in [0, 0.05) is 5.56 Å². The summed E-state index contributed by atoms with van der Waals surface area (Å²) in [6.07, 6.45) is -4.73. The summed E-state index contributed by atoms with van der Waals surface area (Å²) in [7, 11) is -2.03. The number of halogens is 3. The van der Waals surface area contributed by atoms with Crippen LogP contribution in [-0.2, 0) is 11.0 Å². The van der Waals surface area contributed by atoms with Crippen molar-refractivity contribution in [2.24, 2.45) is 4.40 Å². The molecule has 2 nitrogen and oxygen atoms in total. The van der Waals surface area contributed by atoms with E-state index < -0.39 is 27.6 Å². The molecule has 0 bridgehead atoms. The molecular weight excluding hydrogens is 359 g/mol. The monoisotopic (exact) mass is 377 g/mol. The molecule has 3 aromatic carbocycles. The largest absolute Gasteiger partial charge is 0.434 e. The molecule has 1 unspecified atom stereocenters. The Kier molecular flexibility index (Phi) is 4.65. The molecule has 0 aromatic heterocycles. The molecule has 0 amide bonds. The molecule has 0 fully saturated rings. The van der Waals surface area contributed by atoms with Crippen LogP contribution in [0, 0.1) is 0 Å². The Hall–Kier alpha value is -2.21. The lowest BCUT2D eigenvalue weighted by atomic mass is 9.93. The van der Waals surface area contributed by atoms with E-state index in [9.17, 15) is 17.4 Å². The maximum absolute atomic E-state index is 13.9. The number of fused-ring (bicyclic) bond motifs is 2. The van der Waals surface area contributed by atoms with Gasteiger partial charge in [-0.05, 0) is 48.4 Å². The summed E-state index contributed by atoms with van der Waals surface area (Å²) >= 11 is 0. The minimum atomic E-state index is -4.73. The van der Waals surface area contributed by atoms with Crippen LogP contribution in [0.5, 0.6) is 0 Å². The van der Waals surface area contributed by atoms with Crippen LogP contribution in [0.25, 0.3) is 21.5 Å². The van der Waals surface area contributed by atoms with E-state index in [0.29, 0.717) is 21.5 Å². The third-order valence-corrected chi connectivity index (χ3v) is 5.37. The lowest BCUT2D eigenvalue weighted by Gasteiger charge is -2.19. The number of benzene rings is 3. The van der Waals surface area contributed by atoms with Crippen molar-refractivity contribution >= 4 is 38.2 Å². The second-order valence-electron chi connectivity index (χ2n) is 6.99. The van der Waals surface area contributed by atoms with Crippen molar-refractivity contribution in [3.8, 4) is 0 Å². The predicted octanol–water partition coefficient (Wildman–Crippen LogP) is 5.81. The van der Waals surface area contributed by atoms with Crippen molar-refractivity contribution in [2.75, 3.05) is 0 Å². The highest BCUT2D eigenvalue weighted by atomic mass is 32.2. The van der Waals surface area contributed by atoms with Gasteiger partial charge in [0.05, 0.1) is 4.75 Å². The van der Waals surface area contributed by atoms with Crippen LogP contribution < -0.4 is 0 Å². The number of rotatable bonds is 2. The Morgan fingerprint density at radius 3 is 1.77 bits per heavy atom. The second kappa shape index (κ2) is 6.50. The first-order valence-corrected chi connectivity index (χ1v) is 9.18. The molecule has 6 heteroatoms. The highest BCUT2D eigenvalue weighted by Crippen LogP contribution is 2.34. The van der Waals surface area contributed by atoms with Crippen LogP contribution in [0.3, 0.4) is 0 Å². The fourth-order valence-electron chi connectivity index (χ4n) is 2.73. The molecule has 3 aromatic rings. The van der Waals surface area contributed by atoms with Gasteiger partial charge in [-0.3, -0.25) is 0 Å². The molecule has 1 atom stereocenters. The summed E-state index contributed by atoms with van der Waals surface area (Å²) in [6.45, 7) is 4.80. The fourth-order valence-corrected chi connectivity index (χ4v) is 3.36. The summed E-state index contributed by atoms with van der Waals surface area (Å²) in [6, 6.07) is 15.6. The minimum absolute atomic E-state index is 0.0243. The van der Waals surface area contributed by atoms with Crippen molar-refractivity contribution in [1.29, 1.82) is 0 Å². The molecule has 0 saturated carbocycles. The predicted molar refractivity (Wildman–Crippen MR) is 102 cm³/mol. The lowest BCUT2D eigenvalue weighted by Crippen LogP contribution is -2.28. The second-order valence-corrected chi connectivity index (χ2v) is 8.90. The van der Waals surface area contributed by atoms with Gasteiger partial charge in [-0.1, -0.05) is 48.5 Å². The molecule has 0 saturated heterocycles. The molecule has 0 heterocycles. The third kappa shape index (κ3) is 3.51. The van der Waals surface area contributed by atoms with Crippen LogP contribution in [0.15, 0.2) is 59.0 Å². The van der Waals surface area contributed by atoms with Gasteiger partial charge in [0.15, 0.2) is 5.71 Å². The normalized spacial score (nSPS) is 14.8. The topological polar surface area (TPSA) is 29.4 Å². The maximum Gasteiger partial charge on any atom is 0.434 e. The Morgan fingerprint density at radius 2 is 1.35 bits per heavy atom. The van der Waals surface area contributed by atoms with Crippen LogP contribution in [0.1, 0.15) is 26.3 Å². The van der Waals surface area contributed by atoms with Gasteiger partial charge in [0.2, 0.25) is 0 Å². The first-order chi connectivity index (χ1) is 12.1. The van der Waals surface area contributed by atoms with Gasteiger partial charge in [0.25, 0.3) is 0 Å². The highest BCUT2D eigenvalue weighted by Gasteiger charge is 2.40. The van der Waals surface area contributed by atoms with Gasteiger partial charge in [-0.15, -0.1) is 0 Å². The molecular formula is C20H18F3NOS. The van der Waals surface area contributed by atoms with Gasteiger partial charge >= 0.3 is 6.18 Å². The SMILES string of the molecule is CC(C)(C)S(=O)/N=C(/c1c2ccccc2cc2ccccc12)C(F)(F)F. The van der Waals surface area contributed by atoms with E-state index in [-0.39, 0.29) is 5.56 Å². The van der Waals surface area contributed by atoms with E-state index >= 15 is 0 Å². The lowest BCUT2D eigenvalue weighted by molar-refractivity contribution is -0.0577. The number of hydrogen-bond acceptors (Lipinski definition) is 1. The molecule has 136 valence electrons. The van der Waals surface area contributed by atoms with Crippen LogP contribution in [0.4, 0.5) is 13.2 Å². The summed E-state index contributed by atoms with van der Waals surface area (Å²) in [5.41, 5.74) is -1.12. The third-order valence-electron chi connectivity index (χ3n) is 3.97. The van der Waals surface area contributed by atoms with Crippen molar-refractivity contribution in [1.82, 2.24) is 0 Å². The van der Waals surface area contributed by atoms with Crippen molar-refractivity contribution < 1.29 is 17.4 Å². The number of alkyl halides is 3. The number of hydrogen-bond donors (Lipinski definition) is 0. The first-order valence-electron chi connectivity index (χ1n) is 8.08. The Labute approximate surface area is 152 Å². The average Bonchev–Trinajstić information content (AvgIpc) is 2.56. The van der Waals surface area contributed by atoms with Gasteiger partial charge in [0.1, 0.15) is 11.0 Å². The Morgan fingerprint density at radius 1 is 0.885 bits per heavy atom. The molecule has 0 radical (unpaired) electrons.